The summed E-state index contributed by atoms with van der Waals surface area (Å²) in [5.74, 6) is 0.355. The van der Waals surface area contributed by atoms with Crippen molar-refractivity contribution in [3.63, 3.8) is 0 Å². The van der Waals surface area contributed by atoms with Crippen molar-refractivity contribution in [2.24, 2.45) is 7.05 Å². The molecular weight excluding hydrogens is 464 g/mol. The summed E-state index contributed by atoms with van der Waals surface area (Å²) in [5.41, 5.74) is 3.30. The van der Waals surface area contributed by atoms with Gasteiger partial charge in [0.15, 0.2) is 5.69 Å². The Morgan fingerprint density at radius 1 is 0.838 bits per heavy atom. The molecule has 0 N–H and O–H groups in total. The van der Waals surface area contributed by atoms with E-state index in [1.165, 1.54) is 0 Å². The molecule has 0 atom stereocenters. The number of rotatable bonds is 6. The monoisotopic (exact) mass is 489 g/mol. The molecule has 0 aliphatic rings. The van der Waals surface area contributed by atoms with E-state index < -0.39 is 0 Å². The van der Waals surface area contributed by atoms with E-state index in [4.69, 9.17) is 4.74 Å². The minimum Gasteiger partial charge on any atom is -0.497 e. The van der Waals surface area contributed by atoms with Gasteiger partial charge in [0.2, 0.25) is 5.78 Å². The van der Waals surface area contributed by atoms with Crippen molar-refractivity contribution < 1.29 is 19.0 Å². The minimum absolute atomic E-state index is 0.118. The predicted octanol–water partition coefficient (Wildman–Crippen LogP) is 6.45. The molecule has 0 unspecified atom stereocenters. The largest absolute Gasteiger partial charge is 0.497 e. The highest BCUT2D eigenvalue weighted by Gasteiger charge is 2.38. The maximum Gasteiger partial charge on any atom is 0.349 e. The molecule has 0 radical (unpaired) electrons. The first kappa shape index (κ1) is 23.9. The lowest BCUT2D eigenvalue weighted by Gasteiger charge is -2.16. The van der Waals surface area contributed by atoms with Crippen LogP contribution in [0.1, 0.15) is 21.6 Å². The Morgan fingerprint density at radius 3 is 2.16 bits per heavy atom. The number of nitro groups is 1. The van der Waals surface area contributed by atoms with Crippen molar-refractivity contribution in [3.8, 4) is 28.1 Å². The van der Waals surface area contributed by atoms with Gasteiger partial charge < -0.3 is 4.74 Å². The zero-order valence-electron chi connectivity index (χ0n) is 20.8. The molecule has 0 bridgehead atoms. The molecular formula is C31H25N2O4+. The molecule has 0 saturated heterocycles. The molecule has 0 amide bonds. The van der Waals surface area contributed by atoms with Gasteiger partial charge in [-0.3, -0.25) is 14.9 Å². The molecule has 37 heavy (non-hydrogen) atoms. The van der Waals surface area contributed by atoms with Crippen LogP contribution < -0.4 is 9.30 Å². The lowest BCUT2D eigenvalue weighted by molar-refractivity contribution is -0.669. The highest BCUT2D eigenvalue weighted by molar-refractivity contribution is 6.20. The molecule has 5 rings (SSSR count). The predicted molar refractivity (Wildman–Crippen MR) is 144 cm³/mol. The van der Waals surface area contributed by atoms with Crippen LogP contribution in [0.15, 0.2) is 97.1 Å². The third-order valence-electron chi connectivity index (χ3n) is 6.78. The third-order valence-corrected chi connectivity index (χ3v) is 6.78. The van der Waals surface area contributed by atoms with Crippen molar-refractivity contribution >= 4 is 22.2 Å². The Bertz CT molecular complexity index is 1650. The highest BCUT2D eigenvalue weighted by Crippen LogP contribution is 2.41. The molecule has 0 aliphatic heterocycles. The van der Waals surface area contributed by atoms with Gasteiger partial charge in [-0.25, -0.2) is 0 Å². The van der Waals surface area contributed by atoms with E-state index in [-0.39, 0.29) is 16.4 Å². The number of hydrogen-bond acceptors (Lipinski definition) is 4. The normalized spacial score (nSPS) is 10.9. The average molecular weight is 490 g/mol. The van der Waals surface area contributed by atoms with Crippen LogP contribution in [0.5, 0.6) is 5.75 Å². The molecule has 6 heteroatoms. The van der Waals surface area contributed by atoms with Gasteiger partial charge in [-0.1, -0.05) is 72.8 Å². The zero-order chi connectivity index (χ0) is 26.1. The second-order valence-corrected chi connectivity index (χ2v) is 8.80. The number of nitrogens with zero attached hydrogens (tertiary/aromatic N) is 2. The summed E-state index contributed by atoms with van der Waals surface area (Å²) in [6, 6.07) is 29.5. The molecule has 182 valence electrons. The summed E-state index contributed by atoms with van der Waals surface area (Å²) >= 11 is 0. The lowest BCUT2D eigenvalue weighted by Crippen LogP contribution is -2.38. The Morgan fingerprint density at radius 2 is 1.49 bits per heavy atom. The average Bonchev–Trinajstić information content (AvgIpc) is 2.93. The van der Waals surface area contributed by atoms with Crippen molar-refractivity contribution in [2.45, 2.75) is 6.92 Å². The van der Waals surface area contributed by atoms with E-state index in [2.05, 4.69) is 0 Å². The van der Waals surface area contributed by atoms with Gasteiger partial charge >= 0.3 is 5.69 Å². The van der Waals surface area contributed by atoms with Gasteiger partial charge in [0.1, 0.15) is 18.4 Å². The maximum absolute atomic E-state index is 14.3. The summed E-state index contributed by atoms with van der Waals surface area (Å²) in [6.07, 6.45) is 0. The number of ether oxygens (including phenoxy) is 1. The van der Waals surface area contributed by atoms with Crippen LogP contribution in [0.2, 0.25) is 0 Å². The molecule has 0 aliphatic carbocycles. The Labute approximate surface area is 214 Å². The quantitative estimate of drug-likeness (QED) is 0.119. The first-order valence-electron chi connectivity index (χ1n) is 11.9. The first-order valence-corrected chi connectivity index (χ1v) is 11.9. The third kappa shape index (κ3) is 4.12. The highest BCUT2D eigenvalue weighted by atomic mass is 16.6. The number of pyridine rings is 1. The summed E-state index contributed by atoms with van der Waals surface area (Å²) in [5, 5.41) is 14.5. The molecule has 6 nitrogen and oxygen atoms in total. The van der Waals surface area contributed by atoms with Crippen LogP contribution in [0.25, 0.3) is 33.2 Å². The second-order valence-electron chi connectivity index (χ2n) is 8.80. The fourth-order valence-electron chi connectivity index (χ4n) is 4.89. The molecule has 1 aromatic heterocycles. The maximum atomic E-state index is 14.3. The summed E-state index contributed by atoms with van der Waals surface area (Å²) in [7, 11) is 3.33. The number of ketones is 1. The summed E-state index contributed by atoms with van der Waals surface area (Å²) in [4.78, 5) is 26.7. The Kier molecular flexibility index (Phi) is 6.24. The van der Waals surface area contributed by atoms with E-state index in [0.29, 0.717) is 45.0 Å². The van der Waals surface area contributed by atoms with Crippen molar-refractivity contribution in [3.05, 3.63) is 124 Å². The fraction of sp³-hybridized carbons (Fsp3) is 0.0968. The fourth-order valence-corrected chi connectivity index (χ4v) is 4.89. The number of carbonyl (C=O) groups is 1. The van der Waals surface area contributed by atoms with Crippen LogP contribution in [0.3, 0.4) is 0 Å². The van der Waals surface area contributed by atoms with Crippen molar-refractivity contribution in [1.29, 1.82) is 0 Å². The van der Waals surface area contributed by atoms with Gasteiger partial charge in [-0.15, -0.1) is 0 Å². The smallest absolute Gasteiger partial charge is 0.349 e. The van der Waals surface area contributed by atoms with Gasteiger partial charge in [0.05, 0.1) is 23.2 Å². The topological polar surface area (TPSA) is 73.3 Å². The second kappa shape index (κ2) is 9.66. The summed E-state index contributed by atoms with van der Waals surface area (Å²) < 4.78 is 7.06. The van der Waals surface area contributed by atoms with Crippen LogP contribution in [-0.4, -0.2) is 17.8 Å². The molecule has 0 saturated carbocycles. The van der Waals surface area contributed by atoms with Gasteiger partial charge in [0, 0.05) is 12.5 Å². The van der Waals surface area contributed by atoms with E-state index in [1.54, 1.807) is 49.1 Å². The molecule has 5 aromatic rings. The van der Waals surface area contributed by atoms with Crippen molar-refractivity contribution in [1.82, 2.24) is 0 Å². The van der Waals surface area contributed by atoms with Crippen LogP contribution in [-0.2, 0) is 7.05 Å². The lowest BCUT2D eigenvalue weighted by atomic mass is 9.88. The SMILES string of the molecule is COc1ccc(-c2c(C(=O)c3cccc4ccccc34)c(C)[n+](C)c(-c3ccccc3)c2[N+](=O)[O-])cc1. The Hall–Kier alpha value is -4.84. The first-order chi connectivity index (χ1) is 17.9. The van der Waals surface area contributed by atoms with E-state index in [1.807, 2.05) is 73.7 Å². The zero-order valence-corrected chi connectivity index (χ0v) is 20.8. The van der Waals surface area contributed by atoms with E-state index in [9.17, 15) is 14.9 Å². The van der Waals surface area contributed by atoms with Gasteiger partial charge in [-0.2, -0.15) is 4.57 Å². The Balaban J connectivity index is 1.91. The van der Waals surface area contributed by atoms with E-state index >= 15 is 0 Å². The standard InChI is InChI=1S/C31H25N2O4/c1-20-27(31(34)26-15-9-13-21-10-7-8-14-25(21)26)28(22-16-18-24(37-3)19-17-22)30(33(35)36)29(32(20)2)23-11-5-4-6-12-23/h4-19H,1-3H3/q+1. The van der Waals surface area contributed by atoms with Crippen LogP contribution in [0.4, 0.5) is 5.69 Å². The van der Waals surface area contributed by atoms with Gasteiger partial charge in [-0.05, 0) is 40.6 Å². The minimum atomic E-state index is -0.388. The molecule has 0 fully saturated rings. The van der Waals surface area contributed by atoms with Crippen molar-refractivity contribution in [2.75, 3.05) is 7.11 Å². The number of fused-ring (bicyclic) bond motifs is 1. The number of carbonyl (C=O) groups excluding carboxylic acids is 1. The molecule has 0 spiro atoms. The van der Waals surface area contributed by atoms with Gasteiger partial charge in [0.25, 0.3) is 5.69 Å². The molecule has 4 aromatic carbocycles. The number of benzene rings is 4. The molecule has 1 heterocycles. The van der Waals surface area contributed by atoms with E-state index in [0.717, 1.165) is 10.8 Å². The van der Waals surface area contributed by atoms with Crippen LogP contribution in [0, 0.1) is 17.0 Å². The summed E-state index contributed by atoms with van der Waals surface area (Å²) in [6.45, 7) is 1.83. The number of aromatic nitrogens is 1. The van der Waals surface area contributed by atoms with Crippen LogP contribution >= 0.6 is 0 Å². The number of methoxy groups -OCH3 is 1. The number of hydrogen-bond donors (Lipinski definition) is 0.